The van der Waals surface area contributed by atoms with Crippen molar-refractivity contribution in [3.05, 3.63) is 26.6 Å². The van der Waals surface area contributed by atoms with Gasteiger partial charge >= 0.3 is 0 Å². The van der Waals surface area contributed by atoms with E-state index in [1.807, 2.05) is 6.07 Å². The predicted molar refractivity (Wildman–Crippen MR) is 67.1 cm³/mol. The van der Waals surface area contributed by atoms with Gasteiger partial charge in [-0.3, -0.25) is 0 Å². The number of hydrogen-bond acceptors (Lipinski definition) is 1. The summed E-state index contributed by atoms with van der Waals surface area (Å²) < 4.78 is 7.35. The third kappa shape index (κ3) is 2.51. The van der Waals surface area contributed by atoms with E-state index in [-0.39, 0.29) is 5.41 Å². The first-order chi connectivity index (χ1) is 6.36. The van der Waals surface area contributed by atoms with Crippen LogP contribution < -0.4 is 4.74 Å². The van der Waals surface area contributed by atoms with Gasteiger partial charge in [0.15, 0.2) is 0 Å². The van der Waals surface area contributed by atoms with Crippen molar-refractivity contribution in [2.45, 2.75) is 26.2 Å². The Balaban J connectivity index is 3.32. The molecule has 1 aromatic carbocycles. The first kappa shape index (κ1) is 12.1. The first-order valence-corrected chi connectivity index (χ1v) is 5.98. The minimum atomic E-state index is 0.118. The van der Waals surface area contributed by atoms with Gasteiger partial charge < -0.3 is 4.74 Å². The van der Waals surface area contributed by atoms with Crippen molar-refractivity contribution in [1.29, 1.82) is 0 Å². The van der Waals surface area contributed by atoms with Crippen LogP contribution in [0.4, 0.5) is 0 Å². The molecular formula is C11H14Br2O. The molecule has 0 aliphatic carbocycles. The second-order valence-electron chi connectivity index (χ2n) is 4.22. The molecule has 1 nitrogen and oxygen atoms in total. The van der Waals surface area contributed by atoms with Crippen LogP contribution in [0.5, 0.6) is 5.75 Å². The van der Waals surface area contributed by atoms with Crippen LogP contribution in [0, 0.1) is 0 Å². The van der Waals surface area contributed by atoms with Crippen molar-refractivity contribution in [2.24, 2.45) is 0 Å². The fourth-order valence-electron chi connectivity index (χ4n) is 1.26. The quantitative estimate of drug-likeness (QED) is 0.739. The van der Waals surface area contributed by atoms with Crippen LogP contribution >= 0.6 is 31.9 Å². The molecule has 3 heteroatoms. The summed E-state index contributed by atoms with van der Waals surface area (Å²) >= 11 is 7.01. The molecule has 0 spiro atoms. The number of halogens is 2. The van der Waals surface area contributed by atoms with Gasteiger partial charge in [0.05, 0.1) is 11.6 Å². The predicted octanol–water partition coefficient (Wildman–Crippen LogP) is 4.52. The highest BCUT2D eigenvalue weighted by Gasteiger charge is 2.19. The van der Waals surface area contributed by atoms with Crippen LogP contribution in [0.25, 0.3) is 0 Å². The van der Waals surface area contributed by atoms with E-state index in [1.54, 1.807) is 7.11 Å². The second kappa shape index (κ2) is 4.23. The van der Waals surface area contributed by atoms with Gasteiger partial charge in [-0.05, 0) is 39.0 Å². The summed E-state index contributed by atoms with van der Waals surface area (Å²) in [6.07, 6.45) is 0. The molecule has 78 valence electrons. The van der Waals surface area contributed by atoms with E-state index in [0.717, 1.165) is 14.7 Å². The molecule has 0 N–H and O–H groups in total. The Morgan fingerprint density at radius 2 is 1.64 bits per heavy atom. The van der Waals surface area contributed by atoms with Crippen LogP contribution in [-0.2, 0) is 5.41 Å². The molecule has 1 aromatic rings. The maximum absolute atomic E-state index is 5.27. The van der Waals surface area contributed by atoms with Crippen molar-refractivity contribution >= 4 is 31.9 Å². The highest BCUT2D eigenvalue weighted by Crippen LogP contribution is 2.37. The van der Waals surface area contributed by atoms with E-state index in [4.69, 9.17) is 4.74 Å². The molecule has 0 saturated heterocycles. The monoisotopic (exact) mass is 320 g/mol. The van der Waals surface area contributed by atoms with E-state index in [1.165, 1.54) is 5.56 Å². The third-order valence-electron chi connectivity index (χ3n) is 2.05. The molecule has 0 aliphatic heterocycles. The Kier molecular flexibility index (Phi) is 3.64. The number of rotatable bonds is 1. The Labute approximate surface area is 102 Å². The van der Waals surface area contributed by atoms with Gasteiger partial charge in [-0.2, -0.15) is 0 Å². The number of benzene rings is 1. The molecule has 0 amide bonds. The van der Waals surface area contributed by atoms with Crippen LogP contribution in [0.1, 0.15) is 26.3 Å². The maximum Gasteiger partial charge on any atom is 0.133 e. The van der Waals surface area contributed by atoms with Gasteiger partial charge in [-0.25, -0.2) is 0 Å². The smallest absolute Gasteiger partial charge is 0.133 e. The van der Waals surface area contributed by atoms with E-state index in [0.29, 0.717) is 0 Å². The van der Waals surface area contributed by atoms with Gasteiger partial charge in [0.1, 0.15) is 5.75 Å². The molecule has 0 heterocycles. The molecule has 0 radical (unpaired) electrons. The number of methoxy groups -OCH3 is 1. The summed E-state index contributed by atoms with van der Waals surface area (Å²) in [5.74, 6) is 0.873. The van der Waals surface area contributed by atoms with Crippen molar-refractivity contribution in [2.75, 3.05) is 7.11 Å². The van der Waals surface area contributed by atoms with Crippen molar-refractivity contribution in [3.63, 3.8) is 0 Å². The molecule has 0 atom stereocenters. The average molecular weight is 322 g/mol. The van der Waals surface area contributed by atoms with Crippen LogP contribution in [0.2, 0.25) is 0 Å². The maximum atomic E-state index is 5.27. The first-order valence-electron chi connectivity index (χ1n) is 4.40. The zero-order chi connectivity index (χ0) is 10.9. The van der Waals surface area contributed by atoms with Crippen molar-refractivity contribution < 1.29 is 4.74 Å². The van der Waals surface area contributed by atoms with E-state index in [9.17, 15) is 0 Å². The van der Waals surface area contributed by atoms with E-state index in [2.05, 4.69) is 58.7 Å². The van der Waals surface area contributed by atoms with Gasteiger partial charge in [-0.1, -0.05) is 36.7 Å². The lowest BCUT2D eigenvalue weighted by Gasteiger charge is -2.22. The minimum absolute atomic E-state index is 0.118. The fraction of sp³-hybridized carbons (Fsp3) is 0.455. The summed E-state index contributed by atoms with van der Waals surface area (Å²) in [6.45, 7) is 6.54. The minimum Gasteiger partial charge on any atom is -0.496 e. The lowest BCUT2D eigenvalue weighted by atomic mass is 9.87. The largest absolute Gasteiger partial charge is 0.496 e. The summed E-state index contributed by atoms with van der Waals surface area (Å²) in [6, 6.07) is 4.09. The average Bonchev–Trinajstić information content (AvgIpc) is 2.02. The molecule has 14 heavy (non-hydrogen) atoms. The molecule has 1 rings (SSSR count). The zero-order valence-corrected chi connectivity index (χ0v) is 12.0. The summed E-state index contributed by atoms with van der Waals surface area (Å²) in [7, 11) is 1.68. The second-order valence-corrected chi connectivity index (χ2v) is 5.93. The lowest BCUT2D eigenvalue weighted by Crippen LogP contribution is -2.12. The number of hydrogen-bond donors (Lipinski definition) is 0. The van der Waals surface area contributed by atoms with E-state index < -0.39 is 0 Å². The molecular weight excluding hydrogens is 308 g/mol. The Morgan fingerprint density at radius 1 is 1.07 bits per heavy atom. The number of ether oxygens (including phenoxy) is 1. The molecule has 0 aliphatic rings. The molecule has 0 aromatic heterocycles. The van der Waals surface area contributed by atoms with Crippen LogP contribution in [0.3, 0.4) is 0 Å². The molecule has 0 unspecified atom stereocenters. The highest BCUT2D eigenvalue weighted by molar-refractivity contribution is 9.11. The van der Waals surface area contributed by atoms with Gasteiger partial charge in [-0.15, -0.1) is 0 Å². The Hall–Kier alpha value is -0.0200. The summed E-state index contributed by atoms with van der Waals surface area (Å²) in [5, 5.41) is 0. The van der Waals surface area contributed by atoms with Crippen LogP contribution in [-0.4, -0.2) is 7.11 Å². The molecule has 0 saturated carbocycles. The molecule has 0 fully saturated rings. The lowest BCUT2D eigenvalue weighted by molar-refractivity contribution is 0.410. The molecule has 0 bridgehead atoms. The van der Waals surface area contributed by atoms with Crippen molar-refractivity contribution in [3.8, 4) is 5.75 Å². The SMILES string of the molecule is COc1cc(C(C)(C)C)c(Br)cc1Br. The third-order valence-corrected chi connectivity index (χ3v) is 3.33. The Bertz CT molecular complexity index is 340. The van der Waals surface area contributed by atoms with Gasteiger partial charge in [0.25, 0.3) is 0 Å². The Morgan fingerprint density at radius 3 is 2.07 bits per heavy atom. The standard InChI is InChI=1S/C11H14Br2O/c1-11(2,3)7-5-10(14-4)9(13)6-8(7)12/h5-6H,1-4H3. The van der Waals surface area contributed by atoms with E-state index >= 15 is 0 Å². The summed E-state index contributed by atoms with van der Waals surface area (Å²) in [5.41, 5.74) is 1.37. The zero-order valence-electron chi connectivity index (χ0n) is 8.82. The fourth-order valence-corrected chi connectivity index (χ4v) is 3.01. The van der Waals surface area contributed by atoms with Crippen LogP contribution in [0.15, 0.2) is 21.1 Å². The normalized spacial score (nSPS) is 11.6. The van der Waals surface area contributed by atoms with Crippen molar-refractivity contribution in [1.82, 2.24) is 0 Å². The highest BCUT2D eigenvalue weighted by atomic mass is 79.9. The van der Waals surface area contributed by atoms with Gasteiger partial charge in [0, 0.05) is 4.47 Å². The summed E-state index contributed by atoms with van der Waals surface area (Å²) in [4.78, 5) is 0. The van der Waals surface area contributed by atoms with Gasteiger partial charge in [0.2, 0.25) is 0 Å². The topological polar surface area (TPSA) is 9.23 Å².